The lowest BCUT2D eigenvalue weighted by molar-refractivity contribution is -0.120. The largest absolute Gasteiger partial charge is 0.482 e. The summed E-state index contributed by atoms with van der Waals surface area (Å²) in [7, 11) is 1.78. The zero-order valence-corrected chi connectivity index (χ0v) is 11.0. The number of ether oxygens (including phenoxy) is 1. The van der Waals surface area contributed by atoms with Crippen molar-refractivity contribution in [1.82, 2.24) is 0 Å². The Labute approximate surface area is 112 Å². The molecule has 0 aliphatic carbocycles. The summed E-state index contributed by atoms with van der Waals surface area (Å²) in [5.41, 5.74) is 4.29. The van der Waals surface area contributed by atoms with Crippen molar-refractivity contribution in [3.05, 3.63) is 48.0 Å². The number of hydrogen-bond donors (Lipinski definition) is 0. The molecule has 0 aromatic heterocycles. The molecule has 0 unspecified atom stereocenters. The first-order valence-electron chi connectivity index (χ1n) is 6.25. The van der Waals surface area contributed by atoms with Gasteiger partial charge in [-0.05, 0) is 30.2 Å². The first-order valence-corrected chi connectivity index (χ1v) is 6.25. The van der Waals surface area contributed by atoms with Crippen LogP contribution in [0.2, 0.25) is 0 Å². The molecular formula is C16H15NO2. The number of carbonyl (C=O) groups is 1. The van der Waals surface area contributed by atoms with Gasteiger partial charge in [-0.15, -0.1) is 0 Å². The summed E-state index contributed by atoms with van der Waals surface area (Å²) in [5.74, 6) is 0.743. The minimum absolute atomic E-state index is 0.0195. The fraction of sp³-hybridized carbons (Fsp3) is 0.188. The number of fused-ring (bicyclic) bond motifs is 1. The second kappa shape index (κ2) is 4.43. The Kier molecular flexibility index (Phi) is 2.75. The summed E-state index contributed by atoms with van der Waals surface area (Å²) in [6.07, 6.45) is 0. The number of aryl methyl sites for hydroxylation is 1. The van der Waals surface area contributed by atoms with Crippen LogP contribution < -0.4 is 9.64 Å². The van der Waals surface area contributed by atoms with Crippen LogP contribution in [0.5, 0.6) is 5.75 Å². The zero-order chi connectivity index (χ0) is 13.4. The maximum atomic E-state index is 11.7. The zero-order valence-electron chi connectivity index (χ0n) is 11.0. The molecular weight excluding hydrogens is 238 g/mol. The Morgan fingerprint density at radius 3 is 2.68 bits per heavy atom. The van der Waals surface area contributed by atoms with Crippen LogP contribution in [0.3, 0.4) is 0 Å². The van der Waals surface area contributed by atoms with Crippen molar-refractivity contribution in [2.75, 3.05) is 18.6 Å². The quantitative estimate of drug-likeness (QED) is 0.782. The van der Waals surface area contributed by atoms with Crippen molar-refractivity contribution in [2.45, 2.75) is 6.92 Å². The van der Waals surface area contributed by atoms with Gasteiger partial charge in [0.05, 0.1) is 5.69 Å². The van der Waals surface area contributed by atoms with E-state index in [9.17, 15) is 4.79 Å². The van der Waals surface area contributed by atoms with E-state index in [1.165, 1.54) is 5.56 Å². The maximum absolute atomic E-state index is 11.7. The van der Waals surface area contributed by atoms with Crippen molar-refractivity contribution in [1.29, 1.82) is 0 Å². The Balaban J connectivity index is 2.08. The van der Waals surface area contributed by atoms with E-state index in [0.717, 1.165) is 22.6 Å². The van der Waals surface area contributed by atoms with E-state index in [0.29, 0.717) is 0 Å². The monoisotopic (exact) mass is 253 g/mol. The van der Waals surface area contributed by atoms with Crippen LogP contribution in [0.4, 0.5) is 5.69 Å². The highest BCUT2D eigenvalue weighted by atomic mass is 16.5. The fourth-order valence-corrected chi connectivity index (χ4v) is 2.28. The van der Waals surface area contributed by atoms with Gasteiger partial charge in [-0.1, -0.05) is 35.9 Å². The Morgan fingerprint density at radius 1 is 1.11 bits per heavy atom. The average molecular weight is 253 g/mol. The van der Waals surface area contributed by atoms with Crippen molar-refractivity contribution in [2.24, 2.45) is 0 Å². The first kappa shape index (κ1) is 11.8. The molecule has 0 fully saturated rings. The van der Waals surface area contributed by atoms with Crippen LogP contribution >= 0.6 is 0 Å². The van der Waals surface area contributed by atoms with Gasteiger partial charge in [-0.3, -0.25) is 4.79 Å². The molecule has 0 radical (unpaired) electrons. The minimum atomic E-state index is -0.0195. The van der Waals surface area contributed by atoms with Crippen LogP contribution in [0, 0.1) is 6.92 Å². The predicted molar refractivity (Wildman–Crippen MR) is 75.5 cm³/mol. The normalized spacial score (nSPS) is 14.0. The third-order valence-electron chi connectivity index (χ3n) is 3.40. The lowest BCUT2D eigenvalue weighted by Crippen LogP contribution is -2.35. The molecule has 0 atom stereocenters. The summed E-state index contributed by atoms with van der Waals surface area (Å²) in [4.78, 5) is 13.3. The maximum Gasteiger partial charge on any atom is 0.264 e. The number of rotatable bonds is 1. The van der Waals surface area contributed by atoms with Gasteiger partial charge in [-0.2, -0.15) is 0 Å². The minimum Gasteiger partial charge on any atom is -0.482 e. The van der Waals surface area contributed by atoms with Crippen LogP contribution in [0.15, 0.2) is 42.5 Å². The molecule has 0 saturated carbocycles. The molecule has 96 valence electrons. The lowest BCUT2D eigenvalue weighted by Gasteiger charge is -2.26. The number of amides is 1. The van der Waals surface area contributed by atoms with Crippen molar-refractivity contribution in [3.63, 3.8) is 0 Å². The Hall–Kier alpha value is -2.29. The summed E-state index contributed by atoms with van der Waals surface area (Å²) < 4.78 is 5.43. The number of likely N-dealkylation sites (N-methyl/N-ethyl adjacent to an activating group) is 1. The van der Waals surface area contributed by atoms with Crippen LogP contribution in [0.25, 0.3) is 11.1 Å². The number of anilines is 1. The molecule has 0 spiro atoms. The Morgan fingerprint density at radius 2 is 1.89 bits per heavy atom. The van der Waals surface area contributed by atoms with Gasteiger partial charge in [-0.25, -0.2) is 0 Å². The molecule has 19 heavy (non-hydrogen) atoms. The van der Waals surface area contributed by atoms with Gasteiger partial charge in [0, 0.05) is 7.05 Å². The molecule has 1 amide bonds. The van der Waals surface area contributed by atoms with Crippen molar-refractivity contribution >= 4 is 11.6 Å². The van der Waals surface area contributed by atoms with Crippen molar-refractivity contribution < 1.29 is 9.53 Å². The summed E-state index contributed by atoms with van der Waals surface area (Å²) in [6.45, 7) is 2.19. The number of carbonyl (C=O) groups excluding carboxylic acids is 1. The van der Waals surface area contributed by atoms with E-state index in [1.54, 1.807) is 11.9 Å². The molecule has 2 aromatic rings. The van der Waals surface area contributed by atoms with E-state index in [2.05, 4.69) is 25.1 Å². The predicted octanol–water partition coefficient (Wildman–Crippen LogP) is 3.02. The van der Waals surface area contributed by atoms with Crippen molar-refractivity contribution in [3.8, 4) is 16.9 Å². The molecule has 0 saturated heterocycles. The molecule has 1 aliphatic rings. The second-order valence-corrected chi connectivity index (χ2v) is 4.79. The molecule has 3 heteroatoms. The van der Waals surface area contributed by atoms with Gasteiger partial charge in [0.1, 0.15) is 5.75 Å². The van der Waals surface area contributed by atoms with E-state index < -0.39 is 0 Å². The molecule has 1 heterocycles. The average Bonchev–Trinajstić information content (AvgIpc) is 2.43. The third-order valence-corrected chi connectivity index (χ3v) is 3.40. The highest BCUT2D eigenvalue weighted by Gasteiger charge is 2.22. The summed E-state index contributed by atoms with van der Waals surface area (Å²) >= 11 is 0. The van der Waals surface area contributed by atoms with Gasteiger partial charge < -0.3 is 9.64 Å². The molecule has 0 N–H and O–H groups in total. The van der Waals surface area contributed by atoms with E-state index in [4.69, 9.17) is 4.74 Å². The number of hydrogen-bond acceptors (Lipinski definition) is 2. The SMILES string of the molecule is Cc1cccc(-c2ccc3c(c2)N(C)C(=O)CO3)c1. The fourth-order valence-electron chi connectivity index (χ4n) is 2.28. The standard InChI is InChI=1S/C16H15NO2/c1-11-4-3-5-12(8-11)13-6-7-15-14(9-13)17(2)16(18)10-19-15/h3-9H,10H2,1-2H3. The van der Waals surface area contributed by atoms with Gasteiger partial charge in [0.2, 0.25) is 0 Å². The second-order valence-electron chi connectivity index (χ2n) is 4.79. The van der Waals surface area contributed by atoms with E-state index in [1.807, 2.05) is 24.3 Å². The highest BCUT2D eigenvalue weighted by molar-refractivity contribution is 5.98. The molecule has 3 nitrogen and oxygen atoms in total. The first-order chi connectivity index (χ1) is 9.15. The summed E-state index contributed by atoms with van der Waals surface area (Å²) in [5, 5.41) is 0. The Bertz CT molecular complexity index is 649. The molecule has 3 rings (SSSR count). The molecule has 2 aromatic carbocycles. The van der Waals surface area contributed by atoms with Crippen LogP contribution in [0.1, 0.15) is 5.56 Å². The number of benzene rings is 2. The molecule has 0 bridgehead atoms. The smallest absolute Gasteiger partial charge is 0.264 e. The number of nitrogens with zero attached hydrogens (tertiary/aromatic N) is 1. The topological polar surface area (TPSA) is 29.5 Å². The van der Waals surface area contributed by atoms with Gasteiger partial charge in [0.25, 0.3) is 5.91 Å². The highest BCUT2D eigenvalue weighted by Crippen LogP contribution is 2.35. The third kappa shape index (κ3) is 2.08. The lowest BCUT2D eigenvalue weighted by atomic mass is 10.0. The van der Waals surface area contributed by atoms with E-state index in [-0.39, 0.29) is 12.5 Å². The van der Waals surface area contributed by atoms with Crippen LogP contribution in [-0.2, 0) is 4.79 Å². The van der Waals surface area contributed by atoms with E-state index >= 15 is 0 Å². The van der Waals surface area contributed by atoms with Gasteiger partial charge in [0.15, 0.2) is 6.61 Å². The van der Waals surface area contributed by atoms with Crippen LogP contribution in [-0.4, -0.2) is 19.6 Å². The summed E-state index contributed by atoms with van der Waals surface area (Å²) in [6, 6.07) is 14.3. The van der Waals surface area contributed by atoms with Gasteiger partial charge >= 0.3 is 0 Å². The molecule has 1 aliphatic heterocycles.